The molecule has 4 heterocycles. The third kappa shape index (κ3) is 7.06. The van der Waals surface area contributed by atoms with Crippen LogP contribution in [0.15, 0.2) is 36.7 Å². The zero-order valence-corrected chi connectivity index (χ0v) is 24.6. The van der Waals surface area contributed by atoms with Gasteiger partial charge in [0.15, 0.2) is 11.6 Å². The van der Waals surface area contributed by atoms with Gasteiger partial charge in [-0.3, -0.25) is 14.8 Å². The van der Waals surface area contributed by atoms with Crippen molar-refractivity contribution < 1.29 is 18.3 Å². The van der Waals surface area contributed by atoms with E-state index in [4.69, 9.17) is 9.47 Å². The fraction of sp³-hybridized carbons (Fsp3) is 0.467. The quantitative estimate of drug-likeness (QED) is 0.242. The monoisotopic (exact) mass is 580 g/mol. The number of fused-ring (bicyclic) bond motifs is 1. The predicted octanol–water partition coefficient (Wildman–Crippen LogP) is 4.58. The highest BCUT2D eigenvalue weighted by atomic mass is 19.1. The molecule has 42 heavy (non-hydrogen) atoms. The Balaban J connectivity index is 1.21. The van der Waals surface area contributed by atoms with E-state index in [2.05, 4.69) is 35.1 Å². The second-order valence-electron chi connectivity index (χ2n) is 10.7. The van der Waals surface area contributed by atoms with Crippen molar-refractivity contribution in [3.05, 3.63) is 59.8 Å². The molecule has 1 aromatic carbocycles. The third-order valence-corrected chi connectivity index (χ3v) is 7.37. The summed E-state index contributed by atoms with van der Waals surface area (Å²) in [5.74, 6) is -0.277. The van der Waals surface area contributed by atoms with Crippen LogP contribution in [-0.4, -0.2) is 94.0 Å². The van der Waals surface area contributed by atoms with Gasteiger partial charge in [0.05, 0.1) is 49.1 Å². The number of hydrogen-bond acceptors (Lipinski definition) is 9. The molecule has 224 valence electrons. The lowest BCUT2D eigenvalue weighted by Crippen LogP contribution is -2.46. The Labute approximate surface area is 244 Å². The smallest absolute Gasteiger partial charge is 0.227 e. The van der Waals surface area contributed by atoms with Gasteiger partial charge in [-0.1, -0.05) is 0 Å². The molecule has 0 amide bonds. The summed E-state index contributed by atoms with van der Waals surface area (Å²) >= 11 is 0. The molecule has 4 aromatic rings. The Morgan fingerprint density at radius 2 is 1.71 bits per heavy atom. The van der Waals surface area contributed by atoms with Gasteiger partial charge < -0.3 is 19.4 Å². The van der Waals surface area contributed by atoms with E-state index in [1.807, 2.05) is 37.5 Å². The standard InChI is InChI=1S/C30H38F2N8O2/c1-20(2)40-21(3)35-29-25(31)15-22(16-27(29)40)28-26(32)18-34-30(37-28)36-23-5-6-24(33-17-23)19-39-9-7-38(8-10-39)11-12-42-14-13-41-4/h5-6,15-18,20H,7-14,19H2,1-4H3,(H,34,36,37). The van der Waals surface area contributed by atoms with Crippen LogP contribution in [0.5, 0.6) is 0 Å². The average Bonchev–Trinajstić information content (AvgIpc) is 3.32. The molecule has 3 aromatic heterocycles. The normalized spacial score (nSPS) is 14.7. The number of rotatable bonds is 12. The summed E-state index contributed by atoms with van der Waals surface area (Å²) in [6, 6.07) is 6.91. The maximum atomic E-state index is 15.0. The third-order valence-electron chi connectivity index (χ3n) is 7.37. The topological polar surface area (TPSA) is 93.5 Å². The van der Waals surface area contributed by atoms with Crippen LogP contribution in [0.3, 0.4) is 0 Å². The minimum absolute atomic E-state index is 0.00715. The maximum Gasteiger partial charge on any atom is 0.227 e. The minimum Gasteiger partial charge on any atom is -0.382 e. The van der Waals surface area contributed by atoms with Crippen LogP contribution in [0.25, 0.3) is 22.3 Å². The van der Waals surface area contributed by atoms with E-state index in [0.717, 1.165) is 51.2 Å². The van der Waals surface area contributed by atoms with Crippen molar-refractivity contribution in [2.75, 3.05) is 65.0 Å². The van der Waals surface area contributed by atoms with Gasteiger partial charge in [0, 0.05) is 58.0 Å². The van der Waals surface area contributed by atoms with Crippen molar-refractivity contribution in [2.24, 2.45) is 0 Å². The van der Waals surface area contributed by atoms with Crippen molar-refractivity contribution in [1.29, 1.82) is 0 Å². The van der Waals surface area contributed by atoms with Gasteiger partial charge in [0.2, 0.25) is 5.95 Å². The van der Waals surface area contributed by atoms with Crippen LogP contribution in [0.1, 0.15) is 31.4 Å². The predicted molar refractivity (Wildman–Crippen MR) is 158 cm³/mol. The van der Waals surface area contributed by atoms with E-state index < -0.39 is 11.6 Å². The number of nitrogens with zero attached hydrogens (tertiary/aromatic N) is 7. The molecule has 1 saturated heterocycles. The number of anilines is 2. The highest BCUT2D eigenvalue weighted by Crippen LogP contribution is 2.30. The Kier molecular flexibility index (Phi) is 9.68. The zero-order chi connectivity index (χ0) is 29.6. The van der Waals surface area contributed by atoms with Gasteiger partial charge in [-0.15, -0.1) is 0 Å². The molecule has 12 heteroatoms. The highest BCUT2D eigenvalue weighted by molar-refractivity contribution is 5.83. The van der Waals surface area contributed by atoms with Gasteiger partial charge >= 0.3 is 0 Å². The number of benzene rings is 1. The molecule has 0 saturated carbocycles. The molecule has 1 aliphatic rings. The van der Waals surface area contributed by atoms with E-state index in [0.29, 0.717) is 42.4 Å². The first kappa shape index (κ1) is 29.9. The summed E-state index contributed by atoms with van der Waals surface area (Å²) in [6.07, 6.45) is 2.80. The average molecular weight is 581 g/mol. The molecular weight excluding hydrogens is 542 g/mol. The second kappa shape index (κ2) is 13.6. The number of halogens is 2. The van der Waals surface area contributed by atoms with Gasteiger partial charge in [-0.2, -0.15) is 0 Å². The number of nitrogens with one attached hydrogen (secondary N) is 1. The van der Waals surface area contributed by atoms with E-state index in [9.17, 15) is 8.78 Å². The van der Waals surface area contributed by atoms with E-state index in [1.165, 1.54) is 6.07 Å². The summed E-state index contributed by atoms with van der Waals surface area (Å²) in [5, 5.41) is 3.09. The first-order valence-electron chi connectivity index (χ1n) is 14.3. The zero-order valence-electron chi connectivity index (χ0n) is 24.6. The first-order valence-corrected chi connectivity index (χ1v) is 14.3. The molecule has 1 aliphatic heterocycles. The number of aromatic nitrogens is 5. The molecule has 0 unspecified atom stereocenters. The molecule has 1 fully saturated rings. The van der Waals surface area contributed by atoms with Crippen LogP contribution in [-0.2, 0) is 16.0 Å². The Hall–Kier alpha value is -3.58. The van der Waals surface area contributed by atoms with Gasteiger partial charge in [0.25, 0.3) is 0 Å². The largest absolute Gasteiger partial charge is 0.382 e. The van der Waals surface area contributed by atoms with Crippen LogP contribution >= 0.6 is 0 Å². The number of piperazine rings is 1. The molecular formula is C30H38F2N8O2. The van der Waals surface area contributed by atoms with Gasteiger partial charge in [-0.25, -0.2) is 23.7 Å². The molecule has 0 radical (unpaired) electrons. The molecule has 5 rings (SSSR count). The number of ether oxygens (including phenoxy) is 2. The highest BCUT2D eigenvalue weighted by Gasteiger charge is 2.19. The number of imidazole rings is 1. The van der Waals surface area contributed by atoms with Crippen molar-refractivity contribution in [1.82, 2.24) is 34.3 Å². The van der Waals surface area contributed by atoms with E-state index in [-0.39, 0.29) is 23.2 Å². The fourth-order valence-corrected chi connectivity index (χ4v) is 5.25. The van der Waals surface area contributed by atoms with Crippen molar-refractivity contribution >= 4 is 22.7 Å². The summed E-state index contributed by atoms with van der Waals surface area (Å²) in [7, 11) is 1.68. The van der Waals surface area contributed by atoms with Crippen molar-refractivity contribution in [3.63, 3.8) is 0 Å². The number of aryl methyl sites for hydroxylation is 1. The fourth-order valence-electron chi connectivity index (χ4n) is 5.25. The van der Waals surface area contributed by atoms with E-state index in [1.54, 1.807) is 19.4 Å². The SMILES string of the molecule is COCCOCCN1CCN(Cc2ccc(Nc3ncc(F)c(-c4cc(F)c5nc(C)n(C(C)C)c5c4)n3)cn2)CC1. The first-order chi connectivity index (χ1) is 20.3. The van der Waals surface area contributed by atoms with Crippen LogP contribution in [0, 0.1) is 18.6 Å². The minimum atomic E-state index is -0.640. The second-order valence-corrected chi connectivity index (χ2v) is 10.7. The lowest BCUT2D eigenvalue weighted by atomic mass is 10.1. The molecule has 0 bridgehead atoms. The van der Waals surface area contributed by atoms with E-state index >= 15 is 0 Å². The molecule has 1 N–H and O–H groups in total. The number of methoxy groups -OCH3 is 1. The van der Waals surface area contributed by atoms with Gasteiger partial charge in [-0.05, 0) is 45.0 Å². The Morgan fingerprint density at radius 1 is 0.929 bits per heavy atom. The molecule has 0 spiro atoms. The number of hydrogen-bond donors (Lipinski definition) is 1. The van der Waals surface area contributed by atoms with Crippen molar-refractivity contribution in [3.8, 4) is 11.3 Å². The lowest BCUT2D eigenvalue weighted by Gasteiger charge is -2.34. The Morgan fingerprint density at radius 3 is 2.43 bits per heavy atom. The summed E-state index contributed by atoms with van der Waals surface area (Å²) in [6.45, 7) is 13.4. The number of pyridine rings is 1. The van der Waals surface area contributed by atoms with Crippen LogP contribution < -0.4 is 5.32 Å². The summed E-state index contributed by atoms with van der Waals surface area (Å²) in [4.78, 5) is 22.2. The van der Waals surface area contributed by atoms with Gasteiger partial charge in [0.1, 0.15) is 17.0 Å². The maximum absolute atomic E-state index is 15.0. The van der Waals surface area contributed by atoms with Crippen molar-refractivity contribution in [2.45, 2.75) is 33.4 Å². The molecule has 0 atom stereocenters. The summed E-state index contributed by atoms with van der Waals surface area (Å²) in [5.41, 5.74) is 2.81. The summed E-state index contributed by atoms with van der Waals surface area (Å²) < 4.78 is 42.4. The van der Waals surface area contributed by atoms with Crippen LogP contribution in [0.4, 0.5) is 20.4 Å². The van der Waals surface area contributed by atoms with Crippen LogP contribution in [0.2, 0.25) is 0 Å². The molecule has 0 aliphatic carbocycles. The molecule has 10 nitrogen and oxygen atoms in total. The Bertz CT molecular complexity index is 1490. The lowest BCUT2D eigenvalue weighted by molar-refractivity contribution is 0.0452.